The van der Waals surface area contributed by atoms with Crippen molar-refractivity contribution in [3.63, 3.8) is 0 Å². The summed E-state index contributed by atoms with van der Waals surface area (Å²) in [4.78, 5) is 25.4. The van der Waals surface area contributed by atoms with Crippen molar-refractivity contribution < 1.29 is 19.0 Å². The number of anilines is 1. The smallest absolute Gasteiger partial charge is 0.241 e. The van der Waals surface area contributed by atoms with Crippen molar-refractivity contribution >= 4 is 11.6 Å². The fourth-order valence-electron chi connectivity index (χ4n) is 6.33. The van der Waals surface area contributed by atoms with Crippen molar-refractivity contribution in [2.45, 2.75) is 63.7 Å². The molecule has 2 N–H and O–H groups in total. The fourth-order valence-corrected chi connectivity index (χ4v) is 6.33. The molecule has 1 aromatic carbocycles. The second-order valence-electron chi connectivity index (χ2n) is 12.0. The van der Waals surface area contributed by atoms with E-state index in [4.69, 9.17) is 9.72 Å². The number of nitrogens with zero attached hydrogens (tertiary/aromatic N) is 4. The van der Waals surface area contributed by atoms with Crippen LogP contribution in [0.3, 0.4) is 0 Å². The van der Waals surface area contributed by atoms with Gasteiger partial charge in [-0.2, -0.15) is 0 Å². The van der Waals surface area contributed by atoms with Crippen molar-refractivity contribution in [3.05, 3.63) is 59.2 Å². The van der Waals surface area contributed by atoms with E-state index in [2.05, 4.69) is 29.0 Å². The molecule has 3 aliphatic rings. The zero-order valence-corrected chi connectivity index (χ0v) is 23.6. The molecule has 8 nitrogen and oxygen atoms in total. The first-order valence-electron chi connectivity index (χ1n) is 14.1. The predicted molar refractivity (Wildman–Crippen MR) is 150 cm³/mol. The van der Waals surface area contributed by atoms with Crippen LogP contribution in [-0.4, -0.2) is 103 Å². The van der Waals surface area contributed by atoms with Crippen LogP contribution in [0.1, 0.15) is 44.5 Å². The molecule has 0 aliphatic carbocycles. The Balaban J connectivity index is 1.38. The third-order valence-corrected chi connectivity index (χ3v) is 8.72. The topological polar surface area (TPSA) is 81.2 Å². The number of fused-ring (bicyclic) bond motifs is 1. The van der Waals surface area contributed by atoms with Crippen molar-refractivity contribution in [1.82, 2.24) is 20.1 Å². The molecule has 0 saturated carbocycles. The Labute approximate surface area is 231 Å². The lowest BCUT2D eigenvalue weighted by molar-refractivity contribution is -0.121. The highest BCUT2D eigenvalue weighted by Gasteiger charge is 2.48. The lowest BCUT2D eigenvalue weighted by Crippen LogP contribution is -2.62. The number of nitrogens with one attached hydrogen (secondary N) is 1. The van der Waals surface area contributed by atoms with E-state index in [-0.39, 0.29) is 37.0 Å². The van der Waals surface area contributed by atoms with Gasteiger partial charge >= 0.3 is 0 Å². The molecule has 39 heavy (non-hydrogen) atoms. The van der Waals surface area contributed by atoms with E-state index < -0.39 is 11.5 Å². The molecular formula is C30H42FN5O3. The van der Waals surface area contributed by atoms with Crippen molar-refractivity contribution in [3.8, 4) is 0 Å². The predicted octanol–water partition coefficient (Wildman–Crippen LogP) is 2.18. The van der Waals surface area contributed by atoms with Crippen molar-refractivity contribution in [1.29, 1.82) is 0 Å². The summed E-state index contributed by atoms with van der Waals surface area (Å²) in [5.74, 6) is -0.283. The molecule has 5 rings (SSSR count). The molecule has 0 radical (unpaired) electrons. The number of aromatic nitrogens is 1. The standard InChI is InChI=1S/C30H42FN5O3/c1-20-15-35(25(14-32-20)16-34-9-10-39-19-21(34)2)17-28(38)36-26-12-23(11-22-5-7-24(31)8-6-22)13-33-29(26)30(3,4)27(36)18-37/h5-8,12-13,20-21,25,27,32,37H,9-11,14-19H2,1-4H3/t20-,21-,25-,27?/m1/s1. The molecule has 4 atom stereocenters. The molecular weight excluding hydrogens is 497 g/mol. The minimum absolute atomic E-state index is 0.0178. The Morgan fingerprint density at radius 1 is 1.21 bits per heavy atom. The minimum atomic E-state index is -0.493. The first kappa shape index (κ1) is 28.1. The first-order valence-corrected chi connectivity index (χ1v) is 14.1. The van der Waals surface area contributed by atoms with Gasteiger partial charge in [-0.3, -0.25) is 19.6 Å². The third-order valence-electron chi connectivity index (χ3n) is 8.72. The largest absolute Gasteiger partial charge is 0.394 e. The van der Waals surface area contributed by atoms with Crippen LogP contribution < -0.4 is 10.2 Å². The summed E-state index contributed by atoms with van der Waals surface area (Å²) in [6, 6.07) is 8.93. The van der Waals surface area contributed by atoms with Gasteiger partial charge in [-0.25, -0.2) is 4.39 Å². The Bertz CT molecular complexity index is 1160. The molecule has 1 amide bonds. The van der Waals surface area contributed by atoms with E-state index >= 15 is 0 Å². The van der Waals surface area contributed by atoms with Gasteiger partial charge in [0.05, 0.1) is 43.8 Å². The lowest BCUT2D eigenvalue weighted by atomic mass is 9.83. The number of amides is 1. The summed E-state index contributed by atoms with van der Waals surface area (Å²) in [5.41, 5.74) is 3.02. The number of carbonyl (C=O) groups excluding carboxylic acids is 1. The average molecular weight is 540 g/mol. The summed E-state index contributed by atoms with van der Waals surface area (Å²) in [6.07, 6.45) is 2.42. The molecule has 2 fully saturated rings. The number of ether oxygens (including phenoxy) is 1. The van der Waals surface area contributed by atoms with Gasteiger partial charge in [0.25, 0.3) is 0 Å². The number of aliphatic hydroxyl groups is 1. The maximum absolute atomic E-state index is 14.1. The van der Waals surface area contributed by atoms with Crippen LogP contribution in [0.15, 0.2) is 36.5 Å². The van der Waals surface area contributed by atoms with Crippen LogP contribution in [0.25, 0.3) is 0 Å². The van der Waals surface area contributed by atoms with Crippen LogP contribution in [0, 0.1) is 5.82 Å². The fraction of sp³-hybridized carbons (Fsp3) is 0.600. The number of morpholine rings is 1. The number of halogens is 1. The Morgan fingerprint density at radius 2 is 1.97 bits per heavy atom. The van der Waals surface area contributed by atoms with E-state index in [1.165, 1.54) is 12.1 Å². The second kappa shape index (κ2) is 11.6. The van der Waals surface area contributed by atoms with Gasteiger partial charge in [-0.1, -0.05) is 26.0 Å². The maximum Gasteiger partial charge on any atom is 0.241 e. The van der Waals surface area contributed by atoms with Crippen LogP contribution >= 0.6 is 0 Å². The molecule has 212 valence electrons. The summed E-state index contributed by atoms with van der Waals surface area (Å²) in [7, 11) is 0. The summed E-state index contributed by atoms with van der Waals surface area (Å²) < 4.78 is 19.0. The second-order valence-corrected chi connectivity index (χ2v) is 12.0. The number of hydrogen-bond acceptors (Lipinski definition) is 7. The number of aliphatic hydroxyl groups excluding tert-OH is 1. The molecule has 2 saturated heterocycles. The molecule has 2 aromatic rings. The monoisotopic (exact) mass is 539 g/mol. The van der Waals surface area contributed by atoms with Gasteiger partial charge in [0.1, 0.15) is 5.82 Å². The molecule has 9 heteroatoms. The molecule has 3 aliphatic heterocycles. The summed E-state index contributed by atoms with van der Waals surface area (Å²) in [5, 5.41) is 14.1. The third kappa shape index (κ3) is 5.88. The van der Waals surface area contributed by atoms with E-state index in [0.717, 1.165) is 61.9 Å². The van der Waals surface area contributed by atoms with Crippen LogP contribution in [0.4, 0.5) is 10.1 Å². The van der Waals surface area contributed by atoms with Gasteiger partial charge < -0.3 is 20.1 Å². The van der Waals surface area contributed by atoms with E-state index in [0.29, 0.717) is 12.5 Å². The molecule has 1 unspecified atom stereocenters. The Morgan fingerprint density at radius 3 is 2.69 bits per heavy atom. The quantitative estimate of drug-likeness (QED) is 0.558. The molecule has 1 aromatic heterocycles. The number of hydrogen-bond donors (Lipinski definition) is 2. The average Bonchev–Trinajstić information content (AvgIpc) is 3.13. The van der Waals surface area contributed by atoms with Gasteiger partial charge in [-0.05, 0) is 49.6 Å². The van der Waals surface area contributed by atoms with Crippen LogP contribution in [0.5, 0.6) is 0 Å². The number of benzene rings is 1. The van der Waals surface area contributed by atoms with Crippen molar-refractivity contribution in [2.24, 2.45) is 0 Å². The highest BCUT2D eigenvalue weighted by atomic mass is 19.1. The van der Waals surface area contributed by atoms with Crippen molar-refractivity contribution in [2.75, 3.05) is 57.4 Å². The maximum atomic E-state index is 14.1. The van der Waals surface area contributed by atoms with Crippen LogP contribution in [0.2, 0.25) is 0 Å². The zero-order valence-electron chi connectivity index (χ0n) is 23.6. The Kier molecular flexibility index (Phi) is 8.35. The number of rotatable bonds is 7. The van der Waals surface area contributed by atoms with Gasteiger partial charge in [0.2, 0.25) is 5.91 Å². The van der Waals surface area contributed by atoms with E-state index in [1.54, 1.807) is 17.0 Å². The minimum Gasteiger partial charge on any atom is -0.394 e. The van der Waals surface area contributed by atoms with Gasteiger partial charge in [0.15, 0.2) is 0 Å². The highest BCUT2D eigenvalue weighted by Crippen LogP contribution is 2.44. The number of carbonyl (C=O) groups is 1. The Hall–Kier alpha value is -2.43. The van der Waals surface area contributed by atoms with Gasteiger partial charge in [0, 0.05) is 55.9 Å². The van der Waals surface area contributed by atoms with Crippen LogP contribution in [-0.2, 0) is 21.4 Å². The van der Waals surface area contributed by atoms with Gasteiger partial charge in [-0.15, -0.1) is 0 Å². The first-order chi connectivity index (χ1) is 18.7. The normalized spacial score (nSPS) is 27.5. The SMILES string of the molecule is C[C@@H]1CN(CC(=O)N2c3cc(Cc4ccc(F)cc4)cnc3C(C)(C)C2CO)[C@@H](CN2CCOC[C@H]2C)CN1. The summed E-state index contributed by atoms with van der Waals surface area (Å²) >= 11 is 0. The zero-order chi connectivity index (χ0) is 27.7. The molecule has 0 bridgehead atoms. The molecule has 0 spiro atoms. The molecule has 4 heterocycles. The van der Waals surface area contributed by atoms with E-state index in [1.807, 2.05) is 26.1 Å². The number of piperazine rings is 1. The lowest BCUT2D eigenvalue weighted by Gasteiger charge is -2.44. The summed E-state index contributed by atoms with van der Waals surface area (Å²) in [6.45, 7) is 13.4. The van der Waals surface area contributed by atoms with E-state index in [9.17, 15) is 14.3 Å². The highest BCUT2D eigenvalue weighted by molar-refractivity contribution is 5.98. The number of pyridine rings is 1.